The normalized spacial score (nSPS) is 10.2. The van der Waals surface area contributed by atoms with Crippen LogP contribution >= 0.6 is 0 Å². The number of hydrogen-bond acceptors (Lipinski definition) is 5. The van der Waals surface area contributed by atoms with Gasteiger partial charge in [-0.05, 0) is 31.0 Å². The van der Waals surface area contributed by atoms with E-state index in [1.165, 1.54) is 11.8 Å². The Labute approximate surface area is 124 Å². The highest BCUT2D eigenvalue weighted by Crippen LogP contribution is 2.18. The third kappa shape index (κ3) is 3.72. The maximum absolute atomic E-state index is 11.9. The second-order valence-corrected chi connectivity index (χ2v) is 4.67. The number of nitrogens with one attached hydrogen (secondary N) is 1. The van der Waals surface area contributed by atoms with Crippen LogP contribution in [-0.4, -0.2) is 17.6 Å². The van der Waals surface area contributed by atoms with Crippen molar-refractivity contribution < 1.29 is 9.53 Å². The third-order valence-corrected chi connectivity index (χ3v) is 3.11. The zero-order valence-electron chi connectivity index (χ0n) is 12.2. The van der Waals surface area contributed by atoms with Gasteiger partial charge in [0.25, 0.3) is 0 Å². The van der Waals surface area contributed by atoms with Crippen LogP contribution in [0.5, 0.6) is 0 Å². The number of benzene rings is 1. The lowest BCUT2D eigenvalue weighted by atomic mass is 10.1. The average molecular weight is 285 g/mol. The summed E-state index contributed by atoms with van der Waals surface area (Å²) in [7, 11) is 0. The van der Waals surface area contributed by atoms with Gasteiger partial charge < -0.3 is 15.8 Å². The second-order valence-electron chi connectivity index (χ2n) is 4.67. The summed E-state index contributed by atoms with van der Waals surface area (Å²) in [5.41, 5.74) is 8.80. The first-order valence-corrected chi connectivity index (χ1v) is 6.82. The van der Waals surface area contributed by atoms with Gasteiger partial charge in [-0.3, -0.25) is 0 Å². The van der Waals surface area contributed by atoms with Crippen molar-refractivity contribution in [3.8, 4) is 0 Å². The van der Waals surface area contributed by atoms with Gasteiger partial charge in [0.15, 0.2) is 0 Å². The van der Waals surface area contributed by atoms with Gasteiger partial charge in [0.1, 0.15) is 11.4 Å². The number of rotatable bonds is 5. The van der Waals surface area contributed by atoms with E-state index in [0.29, 0.717) is 30.2 Å². The summed E-state index contributed by atoms with van der Waals surface area (Å²) >= 11 is 0. The summed E-state index contributed by atoms with van der Waals surface area (Å²) in [4.78, 5) is 16.1. The highest BCUT2D eigenvalue weighted by molar-refractivity contribution is 5.95. The summed E-state index contributed by atoms with van der Waals surface area (Å²) in [5.74, 6) is 0.0514. The smallest absolute Gasteiger partial charge is 0.341 e. The molecule has 0 saturated carbocycles. The molecule has 2 rings (SSSR count). The molecule has 1 aromatic heterocycles. The number of hydrogen-bond donors (Lipinski definition) is 2. The number of nitrogen functional groups attached to an aromatic ring is 1. The quantitative estimate of drug-likeness (QED) is 0.826. The van der Waals surface area contributed by atoms with Gasteiger partial charge >= 0.3 is 5.97 Å². The van der Waals surface area contributed by atoms with E-state index >= 15 is 0 Å². The van der Waals surface area contributed by atoms with Crippen molar-refractivity contribution in [3.05, 3.63) is 53.2 Å². The number of nitrogens with two attached hydrogens (primary N) is 1. The predicted molar refractivity (Wildman–Crippen MR) is 83.1 cm³/mol. The molecule has 1 aromatic carbocycles. The van der Waals surface area contributed by atoms with E-state index in [1.807, 2.05) is 31.2 Å². The highest BCUT2D eigenvalue weighted by Gasteiger charge is 2.14. The third-order valence-electron chi connectivity index (χ3n) is 3.11. The van der Waals surface area contributed by atoms with E-state index in [2.05, 4.69) is 10.3 Å². The number of anilines is 2. The van der Waals surface area contributed by atoms with Gasteiger partial charge in [0.2, 0.25) is 0 Å². The Morgan fingerprint density at radius 3 is 2.86 bits per heavy atom. The van der Waals surface area contributed by atoms with Gasteiger partial charge in [-0.25, -0.2) is 9.78 Å². The molecule has 21 heavy (non-hydrogen) atoms. The van der Waals surface area contributed by atoms with E-state index in [-0.39, 0.29) is 0 Å². The van der Waals surface area contributed by atoms with Crippen LogP contribution in [0, 0.1) is 6.92 Å². The van der Waals surface area contributed by atoms with E-state index in [9.17, 15) is 4.79 Å². The molecule has 0 unspecified atom stereocenters. The molecular weight excluding hydrogens is 266 g/mol. The van der Waals surface area contributed by atoms with Crippen LogP contribution in [0.25, 0.3) is 0 Å². The van der Waals surface area contributed by atoms with Crippen LogP contribution in [0.1, 0.15) is 28.4 Å². The molecule has 0 aliphatic rings. The molecule has 110 valence electrons. The number of aryl methyl sites for hydroxylation is 1. The molecule has 0 radical (unpaired) electrons. The summed E-state index contributed by atoms with van der Waals surface area (Å²) in [6.45, 7) is 4.69. The predicted octanol–water partition coefficient (Wildman–Crippen LogP) is 2.76. The van der Waals surface area contributed by atoms with Crippen LogP contribution in [0.2, 0.25) is 0 Å². The lowest BCUT2D eigenvalue weighted by Gasteiger charge is -2.12. The van der Waals surface area contributed by atoms with Crippen molar-refractivity contribution in [2.45, 2.75) is 20.4 Å². The Morgan fingerprint density at radius 2 is 2.14 bits per heavy atom. The number of esters is 1. The number of carbonyl (C=O) groups is 1. The lowest BCUT2D eigenvalue weighted by molar-refractivity contribution is 0.0527. The Hall–Kier alpha value is -2.56. The van der Waals surface area contributed by atoms with Crippen molar-refractivity contribution in [1.29, 1.82) is 0 Å². The molecule has 0 atom stereocenters. The topological polar surface area (TPSA) is 77.2 Å². The molecule has 3 N–H and O–H groups in total. The molecule has 0 aliphatic heterocycles. The number of carbonyl (C=O) groups excluding carboxylic acids is 1. The first-order chi connectivity index (χ1) is 10.1. The van der Waals surface area contributed by atoms with E-state index in [0.717, 1.165) is 5.56 Å². The van der Waals surface area contributed by atoms with Gasteiger partial charge in [0.05, 0.1) is 18.5 Å². The Balaban J connectivity index is 2.20. The molecule has 0 spiro atoms. The summed E-state index contributed by atoms with van der Waals surface area (Å²) in [6.07, 6.45) is 1.52. The number of aromatic nitrogens is 1. The molecule has 0 aliphatic carbocycles. The number of ether oxygens (including phenoxy) is 1. The Kier molecular flexibility index (Phi) is 4.77. The summed E-state index contributed by atoms with van der Waals surface area (Å²) < 4.78 is 5.02. The fraction of sp³-hybridized carbons (Fsp3) is 0.250. The van der Waals surface area contributed by atoms with E-state index in [1.54, 1.807) is 13.0 Å². The maximum atomic E-state index is 11.9. The zero-order chi connectivity index (χ0) is 15.2. The molecule has 5 heteroatoms. The minimum atomic E-state index is -0.426. The van der Waals surface area contributed by atoms with Crippen LogP contribution in [-0.2, 0) is 11.3 Å². The van der Waals surface area contributed by atoms with Gasteiger partial charge in [0, 0.05) is 6.54 Å². The lowest BCUT2D eigenvalue weighted by Crippen LogP contribution is -2.12. The second kappa shape index (κ2) is 6.74. The molecule has 0 fully saturated rings. The van der Waals surface area contributed by atoms with Crippen molar-refractivity contribution in [1.82, 2.24) is 4.98 Å². The molecule has 0 saturated heterocycles. The monoisotopic (exact) mass is 285 g/mol. The van der Waals surface area contributed by atoms with Crippen LogP contribution in [0.3, 0.4) is 0 Å². The summed E-state index contributed by atoms with van der Waals surface area (Å²) in [6, 6.07) is 9.62. The fourth-order valence-corrected chi connectivity index (χ4v) is 1.97. The van der Waals surface area contributed by atoms with Gasteiger partial charge in [-0.15, -0.1) is 0 Å². The van der Waals surface area contributed by atoms with Crippen molar-refractivity contribution >= 4 is 17.5 Å². The van der Waals surface area contributed by atoms with E-state index < -0.39 is 5.97 Å². The van der Waals surface area contributed by atoms with Crippen LogP contribution < -0.4 is 11.1 Å². The summed E-state index contributed by atoms with van der Waals surface area (Å²) in [5, 5.41) is 3.17. The molecule has 0 amide bonds. The van der Waals surface area contributed by atoms with Gasteiger partial charge in [-0.2, -0.15) is 0 Å². The standard InChI is InChI=1S/C16H19N3O2/c1-3-21-16(20)14-8-13(17)10-19-15(14)18-9-12-7-5-4-6-11(12)2/h4-8,10H,3,9,17H2,1-2H3,(H,18,19). The molecular formula is C16H19N3O2. The number of pyridine rings is 1. The van der Waals surface area contributed by atoms with Crippen molar-refractivity contribution in [2.75, 3.05) is 17.7 Å². The van der Waals surface area contributed by atoms with Crippen LogP contribution in [0.15, 0.2) is 36.5 Å². The zero-order valence-corrected chi connectivity index (χ0v) is 12.2. The van der Waals surface area contributed by atoms with Gasteiger partial charge in [-0.1, -0.05) is 24.3 Å². The van der Waals surface area contributed by atoms with E-state index in [4.69, 9.17) is 10.5 Å². The molecule has 5 nitrogen and oxygen atoms in total. The Bertz CT molecular complexity index is 641. The minimum absolute atomic E-state index is 0.310. The fourth-order valence-electron chi connectivity index (χ4n) is 1.97. The maximum Gasteiger partial charge on any atom is 0.341 e. The molecule has 2 aromatic rings. The largest absolute Gasteiger partial charge is 0.462 e. The molecule has 0 bridgehead atoms. The first-order valence-electron chi connectivity index (χ1n) is 6.82. The SMILES string of the molecule is CCOC(=O)c1cc(N)cnc1NCc1ccccc1C. The minimum Gasteiger partial charge on any atom is -0.462 e. The van der Waals surface area contributed by atoms with Crippen molar-refractivity contribution in [2.24, 2.45) is 0 Å². The van der Waals surface area contributed by atoms with Crippen LogP contribution in [0.4, 0.5) is 11.5 Å². The average Bonchev–Trinajstić information content (AvgIpc) is 2.47. The van der Waals surface area contributed by atoms with Crippen molar-refractivity contribution in [3.63, 3.8) is 0 Å². The first kappa shape index (κ1) is 14.8. The highest BCUT2D eigenvalue weighted by atomic mass is 16.5. The Morgan fingerprint density at radius 1 is 1.38 bits per heavy atom. The molecule has 1 heterocycles. The number of nitrogens with zero attached hydrogens (tertiary/aromatic N) is 1.